The average molecular weight is 541 g/mol. The first-order valence-corrected chi connectivity index (χ1v) is 12.7. The van der Waals surface area contributed by atoms with Gasteiger partial charge in [0, 0.05) is 0 Å². The molecule has 0 fully saturated rings. The van der Waals surface area contributed by atoms with Crippen LogP contribution in [0.5, 0.6) is 0 Å². The maximum atomic E-state index is 12.3. The van der Waals surface area contributed by atoms with Crippen molar-refractivity contribution in [2.75, 3.05) is 13.2 Å². The third-order valence-corrected chi connectivity index (χ3v) is 5.43. The van der Waals surface area contributed by atoms with E-state index >= 15 is 0 Å². The number of hydrogen-bond acceptors (Lipinski definition) is 7. The predicted octanol–water partition coefficient (Wildman–Crippen LogP) is 3.26. The monoisotopic (exact) mass is 540 g/mol. The van der Waals surface area contributed by atoms with Crippen LogP contribution in [0.3, 0.4) is 0 Å². The Morgan fingerprint density at radius 2 is 1.07 bits per heavy atom. The molecule has 208 valence electrons. The second-order valence-electron chi connectivity index (χ2n) is 8.59. The van der Waals surface area contributed by atoms with Crippen molar-refractivity contribution in [2.45, 2.75) is 39.1 Å². The minimum atomic E-state index is -0.488. The quantitative estimate of drug-likeness (QED) is 0.138. The fourth-order valence-corrected chi connectivity index (χ4v) is 3.60. The molecule has 8 nitrogen and oxygen atoms in total. The summed E-state index contributed by atoms with van der Waals surface area (Å²) in [4.78, 5) is 25.9. The van der Waals surface area contributed by atoms with E-state index in [4.69, 9.17) is 15.2 Å². The largest absolute Gasteiger partial charge is 0.364 e. The highest BCUT2D eigenvalue weighted by atomic mass is 16.5. The molecule has 1 heterocycles. The molecule has 3 aromatic rings. The molecular weight excluding hydrogens is 504 g/mol. The number of amides is 2. The Bertz CT molecular complexity index is 1290. The summed E-state index contributed by atoms with van der Waals surface area (Å²) in [6.07, 6.45) is 0. The number of rotatable bonds is 7. The molecule has 40 heavy (non-hydrogen) atoms. The smallest absolute Gasteiger partial charge is 0.262 e. The molecular formula is C32H36N4O4. The van der Waals surface area contributed by atoms with E-state index in [-0.39, 0.29) is 24.5 Å². The highest BCUT2D eigenvalue weighted by molar-refractivity contribution is 6.21. The molecule has 2 amide bonds. The van der Waals surface area contributed by atoms with E-state index in [0.717, 1.165) is 11.1 Å². The third-order valence-electron chi connectivity index (χ3n) is 5.43. The zero-order valence-electron chi connectivity index (χ0n) is 22.9. The lowest BCUT2D eigenvalue weighted by molar-refractivity contribution is 0.0630. The zero-order valence-corrected chi connectivity index (χ0v) is 22.9. The Labute approximate surface area is 236 Å². The predicted molar refractivity (Wildman–Crippen MR) is 156 cm³/mol. The van der Waals surface area contributed by atoms with Crippen molar-refractivity contribution in [1.29, 1.82) is 0 Å². The van der Waals surface area contributed by atoms with Gasteiger partial charge in [0.15, 0.2) is 0 Å². The van der Waals surface area contributed by atoms with Crippen molar-refractivity contribution in [1.82, 2.24) is 4.90 Å². The molecule has 0 aromatic heterocycles. The number of ether oxygens (including phenoxy) is 2. The second-order valence-corrected chi connectivity index (χ2v) is 8.59. The number of nitrogens with zero attached hydrogens (tertiary/aromatic N) is 1. The number of hydrogen-bond donors (Lipinski definition) is 3. The van der Waals surface area contributed by atoms with E-state index in [9.17, 15) is 9.59 Å². The van der Waals surface area contributed by atoms with Crippen LogP contribution in [0, 0.1) is 23.7 Å². The van der Waals surface area contributed by atoms with E-state index in [0.29, 0.717) is 30.9 Å². The summed E-state index contributed by atoms with van der Waals surface area (Å²) >= 11 is 0. The van der Waals surface area contributed by atoms with Gasteiger partial charge in [-0.2, -0.15) is 0 Å². The van der Waals surface area contributed by atoms with Gasteiger partial charge in [-0.25, -0.2) is 0 Å². The third kappa shape index (κ3) is 10.5. The van der Waals surface area contributed by atoms with Crippen molar-refractivity contribution in [3.63, 3.8) is 0 Å². The van der Waals surface area contributed by atoms with Gasteiger partial charge >= 0.3 is 0 Å². The highest BCUT2D eigenvalue weighted by Crippen LogP contribution is 2.24. The van der Waals surface area contributed by atoms with E-state index in [1.807, 2.05) is 67.6 Å². The van der Waals surface area contributed by atoms with Crippen molar-refractivity contribution < 1.29 is 19.1 Å². The summed E-state index contributed by atoms with van der Waals surface area (Å²) < 4.78 is 10.8. The summed E-state index contributed by atoms with van der Waals surface area (Å²) in [5, 5.41) is 0. The second kappa shape index (κ2) is 18.1. The maximum Gasteiger partial charge on any atom is 0.262 e. The summed E-state index contributed by atoms with van der Waals surface area (Å²) in [5.41, 5.74) is 8.58. The number of imide groups is 1. The van der Waals surface area contributed by atoms with Crippen LogP contribution >= 0.6 is 0 Å². The van der Waals surface area contributed by atoms with Crippen LogP contribution in [0.2, 0.25) is 0 Å². The highest BCUT2D eigenvalue weighted by Gasteiger charge is 2.37. The first-order chi connectivity index (χ1) is 19.5. The van der Waals surface area contributed by atoms with Gasteiger partial charge in [-0.15, -0.1) is 0 Å². The molecule has 0 aliphatic carbocycles. The molecule has 6 N–H and O–H groups in total. The fourth-order valence-electron chi connectivity index (χ4n) is 3.60. The van der Waals surface area contributed by atoms with Crippen molar-refractivity contribution >= 4 is 11.8 Å². The lowest BCUT2D eigenvalue weighted by Gasteiger charge is -2.17. The zero-order chi connectivity index (χ0) is 29.2. The molecule has 1 aliphatic rings. The Kier molecular flexibility index (Phi) is 14.4. The number of nitrogens with two attached hydrogens (primary N) is 3. The van der Waals surface area contributed by atoms with Gasteiger partial charge in [-0.05, 0) is 37.1 Å². The molecule has 4 rings (SSSR count). The van der Waals surface area contributed by atoms with Crippen LogP contribution in [-0.2, 0) is 22.7 Å². The Morgan fingerprint density at radius 1 is 0.675 bits per heavy atom. The average Bonchev–Trinajstić information content (AvgIpc) is 3.24. The lowest BCUT2D eigenvalue weighted by atomic mass is 10.1. The first-order valence-electron chi connectivity index (χ1n) is 12.7. The van der Waals surface area contributed by atoms with Crippen LogP contribution in [0.4, 0.5) is 0 Å². The van der Waals surface area contributed by atoms with Crippen molar-refractivity contribution in [3.8, 4) is 23.7 Å². The molecule has 0 unspecified atom stereocenters. The van der Waals surface area contributed by atoms with Gasteiger partial charge in [-0.1, -0.05) is 96.5 Å². The maximum absolute atomic E-state index is 12.3. The Hall–Kier alpha value is -4.28. The molecule has 0 saturated heterocycles. The molecule has 3 aromatic carbocycles. The van der Waals surface area contributed by atoms with Gasteiger partial charge in [0.05, 0.1) is 36.4 Å². The first kappa shape index (κ1) is 31.9. The standard InChI is InChI=1S/C20H17NO3.C12H15NO.H4N2/c1-15(8-7-13-24-14-16-9-3-2-4-10-16)21-19(22)17-11-5-6-12-18(17)20(21)23;1-11(13)6-5-9-14-10-12-7-3-2-4-8-12;1-2/h2-6,9-12,15H,13-14H2,1H3;2-4,7-8,11H,9-10,13H2,1H3;1-2H2/t15-;11-;/m11./s1. The molecule has 0 spiro atoms. The van der Waals surface area contributed by atoms with Crippen LogP contribution in [0.15, 0.2) is 84.9 Å². The number of carbonyl (C=O) groups excluding carboxylic acids is 2. The number of hydrazine groups is 1. The van der Waals surface area contributed by atoms with Crippen LogP contribution in [0.1, 0.15) is 45.7 Å². The summed E-state index contributed by atoms with van der Waals surface area (Å²) in [5.74, 6) is 18.9. The summed E-state index contributed by atoms with van der Waals surface area (Å²) in [6.45, 7) is 5.38. The van der Waals surface area contributed by atoms with Crippen LogP contribution in [0.25, 0.3) is 0 Å². The van der Waals surface area contributed by atoms with Gasteiger partial charge in [0.2, 0.25) is 0 Å². The summed E-state index contributed by atoms with van der Waals surface area (Å²) in [6, 6.07) is 26.1. The lowest BCUT2D eigenvalue weighted by Crippen LogP contribution is -2.37. The van der Waals surface area contributed by atoms with Crippen molar-refractivity contribution in [2.24, 2.45) is 17.4 Å². The van der Waals surface area contributed by atoms with Gasteiger partial charge in [-0.3, -0.25) is 26.2 Å². The number of fused-ring (bicyclic) bond motifs is 1. The Balaban J connectivity index is 0.000000299. The van der Waals surface area contributed by atoms with E-state index in [2.05, 4.69) is 35.4 Å². The van der Waals surface area contributed by atoms with E-state index in [1.54, 1.807) is 31.2 Å². The molecule has 0 radical (unpaired) electrons. The normalized spacial score (nSPS) is 12.7. The molecule has 0 saturated carbocycles. The minimum Gasteiger partial charge on any atom is -0.364 e. The minimum absolute atomic E-state index is 0.0738. The topological polar surface area (TPSA) is 134 Å². The van der Waals surface area contributed by atoms with Crippen molar-refractivity contribution in [3.05, 3.63) is 107 Å². The molecule has 8 heteroatoms. The summed E-state index contributed by atoms with van der Waals surface area (Å²) in [7, 11) is 0. The van der Waals surface area contributed by atoms with E-state index in [1.165, 1.54) is 4.90 Å². The number of carbonyl (C=O) groups is 2. The molecule has 1 aliphatic heterocycles. The van der Waals surface area contributed by atoms with Crippen LogP contribution in [-0.4, -0.2) is 42.0 Å². The van der Waals surface area contributed by atoms with Gasteiger partial charge in [0.25, 0.3) is 11.8 Å². The van der Waals surface area contributed by atoms with E-state index < -0.39 is 6.04 Å². The van der Waals surface area contributed by atoms with Crippen LogP contribution < -0.4 is 17.4 Å². The SMILES string of the molecule is C[C@@H](N)C#CCOCc1ccccc1.C[C@H](C#CCOCc1ccccc1)N1C(=O)c2ccccc2C1=O.NN. The Morgan fingerprint density at radius 3 is 1.50 bits per heavy atom. The van der Waals surface area contributed by atoms with Gasteiger partial charge < -0.3 is 15.2 Å². The van der Waals surface area contributed by atoms with Gasteiger partial charge in [0.1, 0.15) is 13.2 Å². The number of benzene rings is 3. The fraction of sp³-hybridized carbons (Fsp3) is 0.250. The molecule has 0 bridgehead atoms. The molecule has 2 atom stereocenters.